The Labute approximate surface area is 132 Å². The predicted molar refractivity (Wildman–Crippen MR) is 85.8 cm³/mol. The summed E-state index contributed by atoms with van der Waals surface area (Å²) in [6.07, 6.45) is 1.40. The van der Waals surface area contributed by atoms with Gasteiger partial charge in [-0.1, -0.05) is 0 Å². The van der Waals surface area contributed by atoms with Crippen molar-refractivity contribution in [3.05, 3.63) is 21.4 Å². The fourth-order valence-corrected chi connectivity index (χ4v) is 3.51. The van der Waals surface area contributed by atoms with Crippen molar-refractivity contribution in [3.8, 4) is 0 Å². The Bertz CT molecular complexity index is 485. The van der Waals surface area contributed by atoms with Gasteiger partial charge in [0.2, 0.25) is 0 Å². The first-order chi connectivity index (χ1) is 9.54. The number of anilines is 1. The number of aliphatic hydroxyl groups is 1. The van der Waals surface area contributed by atoms with Crippen LogP contribution in [0.5, 0.6) is 0 Å². The van der Waals surface area contributed by atoms with E-state index in [4.69, 9.17) is 4.74 Å². The van der Waals surface area contributed by atoms with Crippen LogP contribution in [0.2, 0.25) is 0 Å². The van der Waals surface area contributed by atoms with Crippen molar-refractivity contribution in [1.29, 1.82) is 0 Å². The number of ether oxygens (including phenoxy) is 1. The van der Waals surface area contributed by atoms with Crippen LogP contribution in [0.25, 0.3) is 0 Å². The number of hydrogen-bond donors (Lipinski definition) is 3. The van der Waals surface area contributed by atoms with E-state index in [-0.39, 0.29) is 17.7 Å². The molecular weight excluding hydrogens is 369 g/mol. The molecule has 2 aliphatic rings. The van der Waals surface area contributed by atoms with Crippen molar-refractivity contribution in [3.63, 3.8) is 0 Å². The van der Waals surface area contributed by atoms with Crippen LogP contribution in [-0.4, -0.2) is 41.4 Å². The molecule has 1 atom stereocenters. The number of aromatic nitrogens is 1. The summed E-state index contributed by atoms with van der Waals surface area (Å²) in [5.74, 6) is 0.871. The minimum absolute atomic E-state index is 0.0267. The number of nitrogens with zero attached hydrogens (tertiary/aromatic N) is 1. The van der Waals surface area contributed by atoms with Crippen LogP contribution in [0.4, 0.5) is 5.82 Å². The Morgan fingerprint density at radius 1 is 1.50 bits per heavy atom. The zero-order valence-corrected chi connectivity index (χ0v) is 13.7. The van der Waals surface area contributed by atoms with E-state index in [0.717, 1.165) is 47.6 Å². The minimum Gasteiger partial charge on any atom is -0.393 e. The summed E-state index contributed by atoms with van der Waals surface area (Å²) >= 11 is 2.31. The van der Waals surface area contributed by atoms with Gasteiger partial charge in [0.25, 0.3) is 0 Å². The van der Waals surface area contributed by atoms with Crippen LogP contribution >= 0.6 is 22.6 Å². The number of rotatable bonds is 3. The predicted octanol–water partition coefficient (Wildman–Crippen LogP) is 1.67. The second-order valence-electron chi connectivity index (χ2n) is 5.91. The Morgan fingerprint density at radius 2 is 2.30 bits per heavy atom. The number of aliphatic hydroxyl groups excluding tert-OH is 1. The molecule has 1 aliphatic carbocycles. The third-order valence-corrected chi connectivity index (χ3v) is 4.49. The van der Waals surface area contributed by atoms with Gasteiger partial charge in [-0.15, -0.1) is 0 Å². The first-order valence-corrected chi connectivity index (χ1v) is 8.08. The second kappa shape index (κ2) is 5.75. The van der Waals surface area contributed by atoms with Gasteiger partial charge in [0.15, 0.2) is 0 Å². The highest BCUT2D eigenvalue weighted by Gasteiger charge is 2.39. The van der Waals surface area contributed by atoms with E-state index < -0.39 is 0 Å². The molecule has 0 amide bonds. The lowest BCUT2D eigenvalue weighted by Gasteiger charge is -2.43. The Morgan fingerprint density at radius 3 is 2.95 bits per heavy atom. The zero-order valence-electron chi connectivity index (χ0n) is 11.5. The molecule has 6 heteroatoms. The lowest BCUT2D eigenvalue weighted by molar-refractivity contribution is 0.0248. The second-order valence-corrected chi connectivity index (χ2v) is 7.15. The maximum Gasteiger partial charge on any atom is 0.127 e. The van der Waals surface area contributed by atoms with E-state index in [0.29, 0.717) is 0 Å². The van der Waals surface area contributed by atoms with E-state index in [2.05, 4.69) is 51.2 Å². The number of pyridine rings is 1. The molecule has 1 unspecified atom stereocenters. The maximum atomic E-state index is 9.48. The summed E-state index contributed by atoms with van der Waals surface area (Å²) in [4.78, 5) is 4.69. The molecule has 0 bridgehead atoms. The molecule has 5 nitrogen and oxygen atoms in total. The van der Waals surface area contributed by atoms with Crippen LogP contribution in [0, 0.1) is 3.57 Å². The van der Waals surface area contributed by atoms with Crippen molar-refractivity contribution < 1.29 is 9.84 Å². The molecule has 20 heavy (non-hydrogen) atoms. The first kappa shape index (κ1) is 14.5. The molecule has 0 radical (unpaired) electrons. The van der Waals surface area contributed by atoms with Crippen LogP contribution in [0.3, 0.4) is 0 Å². The fourth-order valence-electron chi connectivity index (χ4n) is 2.89. The monoisotopic (exact) mass is 389 g/mol. The van der Waals surface area contributed by atoms with Gasteiger partial charge in [-0.3, -0.25) is 0 Å². The SMILES string of the molecule is CC1(Nc2cc(I)cc(C3CNCCO3)n2)CC(O)C1. The highest BCUT2D eigenvalue weighted by Crippen LogP contribution is 2.35. The largest absolute Gasteiger partial charge is 0.393 e. The molecule has 0 spiro atoms. The average molecular weight is 389 g/mol. The van der Waals surface area contributed by atoms with Gasteiger partial charge in [0.1, 0.15) is 11.9 Å². The van der Waals surface area contributed by atoms with E-state index in [9.17, 15) is 5.11 Å². The summed E-state index contributed by atoms with van der Waals surface area (Å²) in [5, 5.41) is 16.3. The maximum absolute atomic E-state index is 9.48. The van der Waals surface area contributed by atoms with Gasteiger partial charge in [-0.05, 0) is 54.5 Å². The molecule has 2 fully saturated rings. The smallest absolute Gasteiger partial charge is 0.127 e. The highest BCUT2D eigenvalue weighted by atomic mass is 127. The van der Waals surface area contributed by atoms with Crippen LogP contribution in [0.1, 0.15) is 31.6 Å². The number of hydrogen-bond acceptors (Lipinski definition) is 5. The molecule has 1 aromatic rings. The molecule has 2 heterocycles. The quantitative estimate of drug-likeness (QED) is 0.687. The van der Waals surface area contributed by atoms with Crippen LogP contribution in [0.15, 0.2) is 12.1 Å². The number of halogens is 1. The van der Waals surface area contributed by atoms with Gasteiger partial charge in [0.05, 0.1) is 18.4 Å². The Balaban J connectivity index is 1.76. The molecule has 1 aliphatic heterocycles. The normalized spacial score (nSPS) is 33.5. The summed E-state index contributed by atoms with van der Waals surface area (Å²) in [7, 11) is 0. The van der Waals surface area contributed by atoms with Crippen molar-refractivity contribution in [2.75, 3.05) is 25.0 Å². The molecule has 0 aromatic carbocycles. The van der Waals surface area contributed by atoms with Crippen LogP contribution in [-0.2, 0) is 4.74 Å². The Hall–Kier alpha value is -0.440. The third-order valence-electron chi connectivity index (χ3n) is 3.87. The van der Waals surface area contributed by atoms with Crippen molar-refractivity contribution in [1.82, 2.24) is 10.3 Å². The summed E-state index contributed by atoms with van der Waals surface area (Å²) in [6.45, 7) is 4.56. The molecule has 3 N–H and O–H groups in total. The van der Waals surface area contributed by atoms with E-state index in [1.165, 1.54) is 0 Å². The third kappa shape index (κ3) is 3.24. The zero-order chi connectivity index (χ0) is 14.2. The van der Waals surface area contributed by atoms with Crippen LogP contribution < -0.4 is 10.6 Å². The summed E-state index contributed by atoms with van der Waals surface area (Å²) in [6, 6.07) is 4.11. The van der Waals surface area contributed by atoms with Gasteiger partial charge in [-0.25, -0.2) is 4.98 Å². The van der Waals surface area contributed by atoms with Crippen molar-refractivity contribution in [2.45, 2.75) is 37.5 Å². The first-order valence-electron chi connectivity index (χ1n) is 7.00. The molecule has 3 rings (SSSR count). The lowest BCUT2D eigenvalue weighted by atomic mass is 9.76. The van der Waals surface area contributed by atoms with Crippen molar-refractivity contribution in [2.24, 2.45) is 0 Å². The summed E-state index contributed by atoms with van der Waals surface area (Å²) < 4.78 is 6.91. The highest BCUT2D eigenvalue weighted by molar-refractivity contribution is 14.1. The topological polar surface area (TPSA) is 66.4 Å². The van der Waals surface area contributed by atoms with E-state index in [1.54, 1.807) is 0 Å². The molecular formula is C14H20IN3O2. The van der Waals surface area contributed by atoms with Gasteiger partial charge in [-0.2, -0.15) is 0 Å². The molecule has 110 valence electrons. The lowest BCUT2D eigenvalue weighted by Crippen LogP contribution is -2.50. The Kier molecular flexibility index (Phi) is 4.16. The standard InChI is InChI=1S/C14H20IN3O2/c1-14(6-10(19)7-14)18-13-5-9(15)4-11(17-13)12-8-16-2-3-20-12/h4-5,10,12,16,19H,2-3,6-8H2,1H3,(H,17,18). The van der Waals surface area contributed by atoms with Crippen molar-refractivity contribution >= 4 is 28.4 Å². The molecule has 1 aromatic heterocycles. The molecule has 1 saturated carbocycles. The van der Waals surface area contributed by atoms with E-state index in [1.807, 2.05) is 6.07 Å². The fraction of sp³-hybridized carbons (Fsp3) is 0.643. The van der Waals surface area contributed by atoms with Gasteiger partial charge in [0, 0.05) is 22.2 Å². The summed E-state index contributed by atoms with van der Waals surface area (Å²) in [5.41, 5.74) is 0.926. The average Bonchev–Trinajstić information content (AvgIpc) is 2.37. The van der Waals surface area contributed by atoms with Gasteiger partial charge < -0.3 is 20.5 Å². The number of morpholine rings is 1. The number of nitrogens with one attached hydrogen (secondary N) is 2. The van der Waals surface area contributed by atoms with E-state index >= 15 is 0 Å². The van der Waals surface area contributed by atoms with Gasteiger partial charge >= 0.3 is 0 Å². The minimum atomic E-state index is -0.180. The molecule has 1 saturated heterocycles.